The van der Waals surface area contributed by atoms with Crippen molar-refractivity contribution < 1.29 is 23.7 Å². The highest BCUT2D eigenvalue weighted by molar-refractivity contribution is 5.46. The van der Waals surface area contributed by atoms with Gasteiger partial charge >= 0.3 is 0 Å². The lowest BCUT2D eigenvalue weighted by atomic mass is 9.84. The van der Waals surface area contributed by atoms with Gasteiger partial charge in [0.1, 0.15) is 28.8 Å². The third-order valence-corrected chi connectivity index (χ3v) is 7.17. The van der Waals surface area contributed by atoms with Gasteiger partial charge in [-0.15, -0.1) is 0 Å². The Morgan fingerprint density at radius 2 is 1.34 bits per heavy atom. The van der Waals surface area contributed by atoms with Crippen LogP contribution in [0.3, 0.4) is 0 Å². The molecule has 200 valence electrons. The van der Waals surface area contributed by atoms with Gasteiger partial charge in [0.15, 0.2) is 5.60 Å². The largest absolute Gasteiger partial charge is 0.497 e. The molecular formula is C32H37NO5. The lowest BCUT2D eigenvalue weighted by Crippen LogP contribution is -2.31. The number of rotatable bonds is 12. The second kappa shape index (κ2) is 12.2. The summed E-state index contributed by atoms with van der Waals surface area (Å²) in [7, 11) is 4.94. The van der Waals surface area contributed by atoms with Gasteiger partial charge in [-0.2, -0.15) is 0 Å². The zero-order valence-corrected chi connectivity index (χ0v) is 22.8. The molecule has 1 heterocycles. The van der Waals surface area contributed by atoms with E-state index in [1.165, 1.54) is 0 Å². The average Bonchev–Trinajstić information content (AvgIpc) is 3.45. The predicted octanol–water partition coefficient (Wildman–Crippen LogP) is 6.39. The fourth-order valence-electron chi connectivity index (χ4n) is 4.65. The number of ether oxygens (including phenoxy) is 3. The Balaban J connectivity index is 1.69. The molecule has 0 aliphatic carbocycles. The molecule has 0 amide bonds. The van der Waals surface area contributed by atoms with Crippen molar-refractivity contribution in [1.82, 2.24) is 4.90 Å². The van der Waals surface area contributed by atoms with Crippen LogP contribution in [0.4, 0.5) is 0 Å². The molecule has 0 saturated heterocycles. The Bertz CT molecular complexity index is 1250. The summed E-state index contributed by atoms with van der Waals surface area (Å²) in [6, 6.07) is 27.0. The van der Waals surface area contributed by atoms with E-state index in [9.17, 15) is 5.11 Å². The lowest BCUT2D eigenvalue weighted by molar-refractivity contribution is 0.0933. The van der Waals surface area contributed by atoms with Crippen LogP contribution in [-0.2, 0) is 18.7 Å². The predicted molar refractivity (Wildman–Crippen MR) is 149 cm³/mol. The van der Waals surface area contributed by atoms with Crippen LogP contribution in [-0.4, -0.2) is 37.4 Å². The highest BCUT2D eigenvalue weighted by atomic mass is 16.5. The molecule has 0 aliphatic heterocycles. The first-order valence-electron chi connectivity index (χ1n) is 12.9. The van der Waals surface area contributed by atoms with Gasteiger partial charge in [0.05, 0.1) is 27.9 Å². The third kappa shape index (κ3) is 5.72. The molecule has 0 spiro atoms. The topological polar surface area (TPSA) is 64.3 Å². The number of para-hydroxylation sites is 1. The maximum atomic E-state index is 12.3. The molecule has 1 atom stereocenters. The molecular weight excluding hydrogens is 478 g/mol. The molecule has 4 rings (SSSR count). The van der Waals surface area contributed by atoms with E-state index in [1.54, 1.807) is 21.3 Å². The van der Waals surface area contributed by atoms with E-state index in [-0.39, 0.29) is 0 Å². The Hall–Kier alpha value is -3.74. The van der Waals surface area contributed by atoms with Crippen molar-refractivity contribution in [2.75, 3.05) is 21.3 Å². The maximum absolute atomic E-state index is 12.3. The first-order chi connectivity index (χ1) is 18.4. The van der Waals surface area contributed by atoms with Crippen LogP contribution in [0.15, 0.2) is 89.3 Å². The molecule has 0 saturated carbocycles. The molecule has 0 fully saturated rings. The van der Waals surface area contributed by atoms with Crippen molar-refractivity contribution >= 4 is 0 Å². The summed E-state index contributed by atoms with van der Waals surface area (Å²) in [4.78, 5) is 2.36. The van der Waals surface area contributed by atoms with Crippen molar-refractivity contribution in [1.29, 1.82) is 0 Å². The van der Waals surface area contributed by atoms with Crippen molar-refractivity contribution in [2.45, 2.75) is 45.0 Å². The lowest BCUT2D eigenvalue weighted by Gasteiger charge is -2.29. The SMILES string of the molecule is CCC(C)N(Cc1ccc(C(O)(c2ccc(OC)cc2)c2ccc(OC)cc2)o1)Cc1ccccc1OC. The molecule has 6 heteroatoms. The van der Waals surface area contributed by atoms with Crippen LogP contribution in [0.5, 0.6) is 17.2 Å². The minimum absolute atomic E-state index is 0.315. The van der Waals surface area contributed by atoms with Gasteiger partial charge in [-0.3, -0.25) is 4.90 Å². The molecule has 1 N–H and O–H groups in total. The van der Waals surface area contributed by atoms with Crippen LogP contribution in [0.25, 0.3) is 0 Å². The summed E-state index contributed by atoms with van der Waals surface area (Å²) in [6.45, 7) is 5.70. The summed E-state index contributed by atoms with van der Waals surface area (Å²) in [5.74, 6) is 3.52. The van der Waals surface area contributed by atoms with E-state index in [2.05, 4.69) is 24.8 Å². The van der Waals surface area contributed by atoms with Crippen molar-refractivity contribution in [2.24, 2.45) is 0 Å². The normalized spacial score (nSPS) is 12.4. The summed E-state index contributed by atoms with van der Waals surface area (Å²) in [6.07, 6.45) is 0.990. The average molecular weight is 516 g/mol. The van der Waals surface area contributed by atoms with E-state index < -0.39 is 5.60 Å². The molecule has 1 unspecified atom stereocenters. The van der Waals surface area contributed by atoms with E-state index >= 15 is 0 Å². The Kier molecular flexibility index (Phi) is 8.77. The van der Waals surface area contributed by atoms with Crippen molar-refractivity contribution in [3.05, 3.63) is 113 Å². The van der Waals surface area contributed by atoms with E-state index in [4.69, 9.17) is 18.6 Å². The summed E-state index contributed by atoms with van der Waals surface area (Å²) < 4.78 is 22.7. The number of aliphatic hydroxyl groups is 1. The van der Waals surface area contributed by atoms with Crippen LogP contribution in [0.2, 0.25) is 0 Å². The number of methoxy groups -OCH3 is 3. The maximum Gasteiger partial charge on any atom is 0.173 e. The smallest absolute Gasteiger partial charge is 0.173 e. The standard InChI is InChI=1S/C32H37NO5/c1-6-23(2)33(21-24-9-7-8-10-30(24)37-5)22-29-19-20-31(38-29)32(34,25-11-15-27(35-3)16-12-25)26-13-17-28(36-4)18-14-26/h7-20,23,34H,6,21-22H2,1-5H3. The summed E-state index contributed by atoms with van der Waals surface area (Å²) >= 11 is 0. The fraction of sp³-hybridized carbons (Fsp3) is 0.312. The van der Waals surface area contributed by atoms with Gasteiger partial charge in [-0.1, -0.05) is 49.4 Å². The van der Waals surface area contributed by atoms with Crippen LogP contribution in [0, 0.1) is 0 Å². The monoisotopic (exact) mass is 515 g/mol. The number of hydrogen-bond acceptors (Lipinski definition) is 6. The molecule has 0 bridgehead atoms. The molecule has 0 aliphatic rings. The Labute approximate surface area is 225 Å². The minimum atomic E-state index is -1.50. The number of benzene rings is 3. The summed E-state index contributed by atoms with van der Waals surface area (Å²) in [5, 5.41) is 12.3. The molecule has 38 heavy (non-hydrogen) atoms. The Morgan fingerprint density at radius 3 is 1.87 bits per heavy atom. The van der Waals surface area contributed by atoms with Gasteiger partial charge in [0.25, 0.3) is 0 Å². The van der Waals surface area contributed by atoms with E-state index in [1.807, 2.05) is 78.9 Å². The number of hydrogen-bond donors (Lipinski definition) is 1. The minimum Gasteiger partial charge on any atom is -0.497 e. The first-order valence-corrected chi connectivity index (χ1v) is 12.9. The van der Waals surface area contributed by atoms with Crippen molar-refractivity contribution in [3.63, 3.8) is 0 Å². The fourth-order valence-corrected chi connectivity index (χ4v) is 4.65. The van der Waals surface area contributed by atoms with Gasteiger partial charge in [-0.05, 0) is 66.9 Å². The Morgan fingerprint density at radius 1 is 0.763 bits per heavy atom. The van der Waals surface area contributed by atoms with Gasteiger partial charge < -0.3 is 23.7 Å². The van der Waals surface area contributed by atoms with Crippen LogP contribution < -0.4 is 14.2 Å². The zero-order chi connectivity index (χ0) is 27.1. The molecule has 0 radical (unpaired) electrons. The van der Waals surface area contributed by atoms with Gasteiger partial charge in [-0.25, -0.2) is 0 Å². The third-order valence-electron chi connectivity index (χ3n) is 7.17. The van der Waals surface area contributed by atoms with Crippen LogP contribution in [0.1, 0.15) is 48.5 Å². The number of furan rings is 1. The van der Waals surface area contributed by atoms with Gasteiger partial charge in [0.2, 0.25) is 0 Å². The second-order valence-electron chi connectivity index (χ2n) is 9.41. The molecule has 1 aromatic heterocycles. The molecule has 6 nitrogen and oxygen atoms in total. The molecule has 4 aromatic rings. The van der Waals surface area contributed by atoms with E-state index in [0.29, 0.717) is 41.0 Å². The second-order valence-corrected chi connectivity index (χ2v) is 9.41. The molecule has 3 aromatic carbocycles. The number of nitrogens with zero attached hydrogens (tertiary/aromatic N) is 1. The van der Waals surface area contributed by atoms with Crippen molar-refractivity contribution in [3.8, 4) is 17.2 Å². The first kappa shape index (κ1) is 27.3. The van der Waals surface area contributed by atoms with Crippen LogP contribution >= 0.6 is 0 Å². The summed E-state index contributed by atoms with van der Waals surface area (Å²) in [5.41, 5.74) is 0.977. The quantitative estimate of drug-likeness (QED) is 0.236. The highest BCUT2D eigenvalue weighted by Gasteiger charge is 2.37. The van der Waals surface area contributed by atoms with Gasteiger partial charge in [0, 0.05) is 18.2 Å². The van der Waals surface area contributed by atoms with E-state index in [0.717, 1.165) is 30.0 Å². The highest BCUT2D eigenvalue weighted by Crippen LogP contribution is 2.39. The zero-order valence-electron chi connectivity index (χ0n) is 22.8.